The Balaban J connectivity index is 1.94. The number of hydrogen-bond acceptors (Lipinski definition) is 2. The van der Waals surface area contributed by atoms with Gasteiger partial charge in [-0.2, -0.15) is 0 Å². The highest BCUT2D eigenvalue weighted by Crippen LogP contribution is 2.20. The molecular weight excluding hydrogens is 238 g/mol. The van der Waals surface area contributed by atoms with Crippen molar-refractivity contribution in [3.63, 3.8) is 0 Å². The first-order chi connectivity index (χ1) is 9.06. The van der Waals surface area contributed by atoms with Crippen LogP contribution in [0.25, 0.3) is 0 Å². The summed E-state index contributed by atoms with van der Waals surface area (Å²) in [6.45, 7) is 6.99. The van der Waals surface area contributed by atoms with Crippen molar-refractivity contribution in [3.05, 3.63) is 34.9 Å². The Morgan fingerprint density at radius 2 is 2.26 bits per heavy atom. The normalized spacial score (nSPS) is 20.3. The Labute approximate surface area is 115 Å². The van der Waals surface area contributed by atoms with Crippen molar-refractivity contribution in [2.24, 2.45) is 0 Å². The first-order valence-electron chi connectivity index (χ1n) is 7.04. The molecule has 1 aromatic rings. The zero-order valence-electron chi connectivity index (χ0n) is 12.0. The summed E-state index contributed by atoms with van der Waals surface area (Å²) in [6, 6.07) is 6.40. The number of hydrogen-bond donors (Lipinski definition) is 1. The summed E-state index contributed by atoms with van der Waals surface area (Å²) in [7, 11) is 0. The third-order valence-electron chi connectivity index (χ3n) is 3.72. The van der Waals surface area contributed by atoms with E-state index in [9.17, 15) is 4.79 Å². The van der Waals surface area contributed by atoms with Crippen LogP contribution in [-0.4, -0.2) is 18.6 Å². The van der Waals surface area contributed by atoms with Gasteiger partial charge in [0, 0.05) is 6.61 Å². The zero-order chi connectivity index (χ0) is 13.8. The second-order valence-electron chi connectivity index (χ2n) is 5.49. The highest BCUT2D eigenvalue weighted by Gasteiger charge is 2.20. The van der Waals surface area contributed by atoms with Crippen LogP contribution in [0.15, 0.2) is 18.2 Å². The number of rotatable bonds is 4. The van der Waals surface area contributed by atoms with E-state index in [-0.39, 0.29) is 18.1 Å². The quantitative estimate of drug-likeness (QED) is 0.904. The molecule has 1 aliphatic heterocycles. The van der Waals surface area contributed by atoms with E-state index in [0.717, 1.165) is 19.4 Å². The molecule has 3 heteroatoms. The van der Waals surface area contributed by atoms with Gasteiger partial charge in [-0.05, 0) is 44.7 Å². The number of ether oxygens (including phenoxy) is 1. The molecule has 2 rings (SSSR count). The van der Waals surface area contributed by atoms with E-state index in [4.69, 9.17) is 4.74 Å². The maximum absolute atomic E-state index is 12.0. The van der Waals surface area contributed by atoms with E-state index in [1.54, 1.807) is 0 Å². The zero-order valence-corrected chi connectivity index (χ0v) is 12.0. The summed E-state index contributed by atoms with van der Waals surface area (Å²) < 4.78 is 5.49. The van der Waals surface area contributed by atoms with Gasteiger partial charge in [0.25, 0.3) is 0 Å². The third kappa shape index (κ3) is 3.80. The van der Waals surface area contributed by atoms with Crippen LogP contribution >= 0.6 is 0 Å². The smallest absolute Gasteiger partial charge is 0.223 e. The molecule has 0 aliphatic carbocycles. The van der Waals surface area contributed by atoms with E-state index in [1.165, 1.54) is 16.7 Å². The van der Waals surface area contributed by atoms with Crippen molar-refractivity contribution in [3.8, 4) is 0 Å². The van der Waals surface area contributed by atoms with Crippen LogP contribution in [0, 0.1) is 13.8 Å². The van der Waals surface area contributed by atoms with Crippen LogP contribution < -0.4 is 5.32 Å². The van der Waals surface area contributed by atoms with Crippen LogP contribution in [0.4, 0.5) is 0 Å². The van der Waals surface area contributed by atoms with E-state index in [0.29, 0.717) is 6.42 Å². The number of nitrogens with one attached hydrogen (secondary N) is 1. The molecule has 1 N–H and O–H groups in total. The van der Waals surface area contributed by atoms with Gasteiger partial charge in [0.05, 0.1) is 18.6 Å². The summed E-state index contributed by atoms with van der Waals surface area (Å²) in [5.74, 6) is 0.0836. The molecule has 3 nitrogen and oxygen atoms in total. The molecule has 0 saturated carbocycles. The summed E-state index contributed by atoms with van der Waals surface area (Å²) in [5, 5.41) is 3.07. The van der Waals surface area contributed by atoms with Crippen molar-refractivity contribution < 1.29 is 9.53 Å². The van der Waals surface area contributed by atoms with E-state index >= 15 is 0 Å². The fourth-order valence-corrected chi connectivity index (χ4v) is 2.62. The molecule has 0 aromatic heterocycles. The number of aryl methyl sites for hydroxylation is 2. The minimum Gasteiger partial charge on any atom is -0.378 e. The predicted octanol–water partition coefficient (Wildman–Crippen LogP) is 3.05. The fourth-order valence-electron chi connectivity index (χ4n) is 2.62. The second kappa shape index (κ2) is 6.20. The molecule has 0 unspecified atom stereocenters. The van der Waals surface area contributed by atoms with Crippen molar-refractivity contribution in [1.82, 2.24) is 5.32 Å². The topological polar surface area (TPSA) is 38.3 Å². The van der Waals surface area contributed by atoms with Gasteiger partial charge in [0.15, 0.2) is 0 Å². The Morgan fingerprint density at radius 1 is 1.47 bits per heavy atom. The van der Waals surface area contributed by atoms with E-state index in [1.807, 2.05) is 6.92 Å². The van der Waals surface area contributed by atoms with E-state index < -0.39 is 0 Å². The molecule has 1 aliphatic rings. The molecule has 1 aromatic carbocycles. The molecule has 1 heterocycles. The largest absolute Gasteiger partial charge is 0.378 e. The fraction of sp³-hybridized carbons (Fsp3) is 0.562. The van der Waals surface area contributed by atoms with Gasteiger partial charge in [0.2, 0.25) is 5.91 Å². The first kappa shape index (κ1) is 14.1. The minimum atomic E-state index is 0.0498. The van der Waals surface area contributed by atoms with Gasteiger partial charge in [-0.15, -0.1) is 0 Å². The maximum atomic E-state index is 12.0. The summed E-state index contributed by atoms with van der Waals surface area (Å²) >= 11 is 0. The van der Waals surface area contributed by atoms with Crippen molar-refractivity contribution >= 4 is 5.91 Å². The van der Waals surface area contributed by atoms with Gasteiger partial charge >= 0.3 is 0 Å². The molecule has 104 valence electrons. The van der Waals surface area contributed by atoms with Crippen molar-refractivity contribution in [2.45, 2.75) is 52.2 Å². The van der Waals surface area contributed by atoms with Crippen molar-refractivity contribution in [2.75, 3.05) is 6.61 Å². The van der Waals surface area contributed by atoms with Gasteiger partial charge < -0.3 is 10.1 Å². The molecule has 0 bridgehead atoms. The number of carbonyl (C=O) groups excluding carboxylic acids is 1. The Kier molecular flexibility index (Phi) is 4.59. The van der Waals surface area contributed by atoms with Crippen molar-refractivity contribution in [1.29, 1.82) is 0 Å². The maximum Gasteiger partial charge on any atom is 0.223 e. The lowest BCUT2D eigenvalue weighted by atomic mass is 10.00. The van der Waals surface area contributed by atoms with Gasteiger partial charge in [0.1, 0.15) is 0 Å². The van der Waals surface area contributed by atoms with Gasteiger partial charge in [-0.1, -0.05) is 23.8 Å². The number of carbonyl (C=O) groups is 1. The van der Waals surface area contributed by atoms with Crippen LogP contribution in [0.5, 0.6) is 0 Å². The standard InChI is InChI=1S/C16H23NO2/c1-11-6-7-12(2)15(9-11)13(3)17-16(18)10-14-5-4-8-19-14/h6-7,9,13-14H,4-5,8,10H2,1-3H3,(H,17,18)/t13-,14-/m0/s1. The molecule has 19 heavy (non-hydrogen) atoms. The number of benzene rings is 1. The van der Waals surface area contributed by atoms with Crippen LogP contribution in [0.3, 0.4) is 0 Å². The molecule has 0 spiro atoms. The summed E-state index contributed by atoms with van der Waals surface area (Å²) in [4.78, 5) is 12.0. The predicted molar refractivity (Wildman–Crippen MR) is 76.1 cm³/mol. The molecular formula is C16H23NO2. The highest BCUT2D eigenvalue weighted by atomic mass is 16.5. The lowest BCUT2D eigenvalue weighted by Crippen LogP contribution is -2.30. The third-order valence-corrected chi connectivity index (χ3v) is 3.72. The Bertz CT molecular complexity index is 450. The minimum absolute atomic E-state index is 0.0498. The molecule has 1 amide bonds. The first-order valence-corrected chi connectivity index (χ1v) is 7.04. The Hall–Kier alpha value is -1.35. The molecule has 1 saturated heterocycles. The monoisotopic (exact) mass is 261 g/mol. The average molecular weight is 261 g/mol. The van der Waals surface area contributed by atoms with Crippen LogP contribution in [-0.2, 0) is 9.53 Å². The molecule has 1 fully saturated rings. The van der Waals surface area contributed by atoms with Gasteiger partial charge in [-0.3, -0.25) is 4.79 Å². The highest BCUT2D eigenvalue weighted by molar-refractivity contribution is 5.77. The molecule has 0 radical (unpaired) electrons. The van der Waals surface area contributed by atoms with Crippen LogP contribution in [0.2, 0.25) is 0 Å². The SMILES string of the molecule is Cc1ccc(C)c([C@H](C)NC(=O)C[C@@H]2CCCO2)c1. The lowest BCUT2D eigenvalue weighted by Gasteiger charge is -2.18. The summed E-state index contributed by atoms with van der Waals surface area (Å²) in [5.41, 5.74) is 3.64. The van der Waals surface area contributed by atoms with Gasteiger partial charge in [-0.25, -0.2) is 0 Å². The van der Waals surface area contributed by atoms with E-state index in [2.05, 4.69) is 37.4 Å². The average Bonchev–Trinajstić information content (AvgIpc) is 2.84. The summed E-state index contributed by atoms with van der Waals surface area (Å²) in [6.07, 6.45) is 2.68. The molecule has 2 atom stereocenters. The van der Waals surface area contributed by atoms with Crippen LogP contribution in [0.1, 0.15) is 48.9 Å². The Morgan fingerprint density at radius 3 is 2.95 bits per heavy atom. The number of amides is 1. The lowest BCUT2D eigenvalue weighted by molar-refractivity contribution is -0.123. The second-order valence-corrected chi connectivity index (χ2v) is 5.49.